The fourth-order valence-corrected chi connectivity index (χ4v) is 1.26. The Kier molecular flexibility index (Phi) is 5.21. The highest BCUT2D eigenvalue weighted by Gasteiger charge is 2.22. The van der Waals surface area contributed by atoms with Gasteiger partial charge in [0.2, 0.25) is 0 Å². The first-order chi connectivity index (χ1) is 9.49. The topological polar surface area (TPSA) is 108 Å². The summed E-state index contributed by atoms with van der Waals surface area (Å²) in [4.78, 5) is 32.1. The highest BCUT2D eigenvalue weighted by molar-refractivity contribution is 5.89. The van der Waals surface area contributed by atoms with Crippen molar-refractivity contribution in [1.82, 2.24) is 0 Å². The first kappa shape index (κ1) is 15.2. The van der Waals surface area contributed by atoms with Crippen molar-refractivity contribution in [2.75, 3.05) is 19.5 Å². The zero-order chi connectivity index (χ0) is 15.1. The summed E-state index contributed by atoms with van der Waals surface area (Å²) in [5.41, 5.74) is 0.0648. The van der Waals surface area contributed by atoms with E-state index in [2.05, 4.69) is 14.8 Å². The zero-order valence-electron chi connectivity index (χ0n) is 10.8. The number of hydrogen-bond acceptors (Lipinski definition) is 7. The van der Waals surface area contributed by atoms with Gasteiger partial charge < -0.3 is 14.8 Å². The van der Waals surface area contributed by atoms with Gasteiger partial charge in [0.25, 0.3) is 0 Å². The van der Waals surface area contributed by atoms with E-state index >= 15 is 0 Å². The molecular weight excluding hydrogens is 268 g/mol. The second kappa shape index (κ2) is 6.88. The Morgan fingerprint density at radius 2 is 1.80 bits per heavy atom. The minimum Gasteiger partial charge on any atom is -0.465 e. The van der Waals surface area contributed by atoms with Crippen LogP contribution in [0.5, 0.6) is 0 Å². The Hall–Kier alpha value is -2.90. The van der Waals surface area contributed by atoms with Gasteiger partial charge in [-0.25, -0.2) is 9.59 Å². The molecule has 1 N–H and O–H groups in total. The summed E-state index contributed by atoms with van der Waals surface area (Å²) in [5.74, 6) is -1.55. The molecule has 0 bridgehead atoms. The van der Waals surface area contributed by atoms with E-state index < -0.39 is 22.6 Å². The maximum Gasteiger partial charge on any atom is 0.411 e. The Balaban J connectivity index is 2.85. The Morgan fingerprint density at radius 1 is 1.20 bits per heavy atom. The van der Waals surface area contributed by atoms with Gasteiger partial charge in [0.1, 0.15) is 0 Å². The Morgan fingerprint density at radius 3 is 2.25 bits per heavy atom. The highest BCUT2D eigenvalue weighted by atomic mass is 16.6. The van der Waals surface area contributed by atoms with E-state index in [-0.39, 0.29) is 0 Å². The van der Waals surface area contributed by atoms with Gasteiger partial charge in [-0.3, -0.25) is 10.1 Å². The van der Waals surface area contributed by atoms with Crippen LogP contribution in [0.1, 0.15) is 10.4 Å². The summed E-state index contributed by atoms with van der Waals surface area (Å²) < 4.78 is 8.81. The van der Waals surface area contributed by atoms with E-state index in [1.807, 2.05) is 0 Å². The van der Waals surface area contributed by atoms with Crippen molar-refractivity contribution < 1.29 is 24.0 Å². The third-order valence-electron chi connectivity index (χ3n) is 2.27. The molecule has 0 aliphatic heterocycles. The average Bonchev–Trinajstić information content (AvgIpc) is 2.46. The SMILES string of the molecule is COC(=O)/C(=C/Nc1ccc(C(=O)OC)cc1)[N+](=O)[O-]. The summed E-state index contributed by atoms with van der Waals surface area (Å²) in [7, 11) is 2.31. The van der Waals surface area contributed by atoms with Crippen molar-refractivity contribution in [2.45, 2.75) is 0 Å². The molecule has 0 saturated heterocycles. The number of nitrogens with zero attached hydrogens (tertiary/aromatic N) is 1. The summed E-state index contributed by atoms with van der Waals surface area (Å²) >= 11 is 0. The number of carbonyl (C=O) groups excluding carboxylic acids is 2. The number of benzene rings is 1. The first-order valence-electron chi connectivity index (χ1n) is 5.37. The van der Waals surface area contributed by atoms with Gasteiger partial charge in [0.15, 0.2) is 0 Å². The summed E-state index contributed by atoms with van der Waals surface area (Å²) in [5, 5.41) is 13.2. The molecule has 1 aromatic carbocycles. The third-order valence-corrected chi connectivity index (χ3v) is 2.27. The molecule has 0 heterocycles. The van der Waals surface area contributed by atoms with E-state index in [4.69, 9.17) is 0 Å². The second-order valence-electron chi connectivity index (χ2n) is 3.49. The Labute approximate surface area is 114 Å². The number of hydrogen-bond donors (Lipinski definition) is 1. The molecular formula is C12H12N2O6. The van der Waals surface area contributed by atoms with E-state index in [0.29, 0.717) is 11.3 Å². The maximum absolute atomic E-state index is 11.2. The van der Waals surface area contributed by atoms with Crippen LogP contribution >= 0.6 is 0 Å². The molecule has 0 aromatic heterocycles. The molecule has 8 nitrogen and oxygen atoms in total. The highest BCUT2D eigenvalue weighted by Crippen LogP contribution is 2.11. The van der Waals surface area contributed by atoms with Crippen molar-refractivity contribution in [3.8, 4) is 0 Å². The molecule has 0 unspecified atom stereocenters. The number of esters is 2. The third kappa shape index (κ3) is 3.80. The van der Waals surface area contributed by atoms with Crippen molar-refractivity contribution in [1.29, 1.82) is 0 Å². The zero-order valence-corrected chi connectivity index (χ0v) is 10.8. The number of nitrogens with one attached hydrogen (secondary N) is 1. The molecule has 1 rings (SSSR count). The molecule has 0 fully saturated rings. The fraction of sp³-hybridized carbons (Fsp3) is 0.167. The molecule has 0 aliphatic rings. The monoisotopic (exact) mass is 280 g/mol. The van der Waals surface area contributed by atoms with Gasteiger partial charge in [0.05, 0.1) is 30.9 Å². The lowest BCUT2D eigenvalue weighted by Gasteiger charge is -2.03. The number of rotatable bonds is 5. The minimum atomic E-state index is -1.06. The van der Waals surface area contributed by atoms with Crippen LogP contribution in [-0.4, -0.2) is 31.1 Å². The van der Waals surface area contributed by atoms with E-state index in [0.717, 1.165) is 13.3 Å². The summed E-state index contributed by atoms with van der Waals surface area (Å²) in [6.45, 7) is 0. The van der Waals surface area contributed by atoms with Gasteiger partial charge >= 0.3 is 17.6 Å². The molecule has 0 amide bonds. The number of ether oxygens (including phenoxy) is 2. The number of methoxy groups -OCH3 is 2. The van der Waals surface area contributed by atoms with Crippen LogP contribution in [-0.2, 0) is 14.3 Å². The average molecular weight is 280 g/mol. The summed E-state index contributed by atoms with van der Waals surface area (Å²) in [6.07, 6.45) is 0.916. The maximum atomic E-state index is 11.2. The minimum absolute atomic E-state index is 0.337. The normalized spacial score (nSPS) is 10.6. The number of anilines is 1. The lowest BCUT2D eigenvalue weighted by Crippen LogP contribution is -2.14. The van der Waals surface area contributed by atoms with Crippen LogP contribution in [0.2, 0.25) is 0 Å². The molecule has 106 valence electrons. The predicted molar refractivity (Wildman–Crippen MR) is 68.5 cm³/mol. The standard InChI is InChI=1S/C12H12N2O6/c1-19-11(15)8-3-5-9(6-4-8)13-7-10(14(17)18)12(16)20-2/h3-7,13H,1-2H3/b10-7-. The first-order valence-corrected chi connectivity index (χ1v) is 5.37. The quantitative estimate of drug-likeness (QED) is 0.373. The van der Waals surface area contributed by atoms with Crippen molar-refractivity contribution >= 4 is 17.6 Å². The molecule has 0 saturated carbocycles. The molecule has 20 heavy (non-hydrogen) atoms. The lowest BCUT2D eigenvalue weighted by atomic mass is 10.2. The van der Waals surface area contributed by atoms with Crippen LogP contribution in [0, 0.1) is 10.1 Å². The van der Waals surface area contributed by atoms with Gasteiger partial charge in [-0.15, -0.1) is 0 Å². The molecule has 0 atom stereocenters. The van der Waals surface area contributed by atoms with Crippen LogP contribution in [0.3, 0.4) is 0 Å². The molecule has 0 spiro atoms. The molecule has 8 heteroatoms. The second-order valence-corrected chi connectivity index (χ2v) is 3.49. The van der Waals surface area contributed by atoms with Gasteiger partial charge in [0, 0.05) is 5.69 Å². The molecule has 0 radical (unpaired) electrons. The number of nitro groups is 1. The molecule has 0 aliphatic carbocycles. The van der Waals surface area contributed by atoms with Gasteiger partial charge in [-0.05, 0) is 24.3 Å². The fourth-order valence-electron chi connectivity index (χ4n) is 1.26. The molecule has 1 aromatic rings. The van der Waals surface area contributed by atoms with E-state index in [1.165, 1.54) is 31.4 Å². The summed E-state index contributed by atoms with van der Waals surface area (Å²) in [6, 6.07) is 5.98. The van der Waals surface area contributed by atoms with Crippen molar-refractivity contribution in [3.63, 3.8) is 0 Å². The Bertz CT molecular complexity index is 550. The van der Waals surface area contributed by atoms with Crippen molar-refractivity contribution in [3.05, 3.63) is 51.8 Å². The van der Waals surface area contributed by atoms with Gasteiger partial charge in [-0.1, -0.05) is 0 Å². The van der Waals surface area contributed by atoms with E-state index in [9.17, 15) is 19.7 Å². The van der Waals surface area contributed by atoms with Gasteiger partial charge in [-0.2, -0.15) is 0 Å². The van der Waals surface area contributed by atoms with Crippen LogP contribution < -0.4 is 5.32 Å². The van der Waals surface area contributed by atoms with Crippen LogP contribution in [0.25, 0.3) is 0 Å². The van der Waals surface area contributed by atoms with Crippen LogP contribution in [0.4, 0.5) is 5.69 Å². The number of carbonyl (C=O) groups is 2. The smallest absolute Gasteiger partial charge is 0.411 e. The van der Waals surface area contributed by atoms with Crippen LogP contribution in [0.15, 0.2) is 36.2 Å². The van der Waals surface area contributed by atoms with E-state index in [1.54, 1.807) is 0 Å². The lowest BCUT2D eigenvalue weighted by molar-refractivity contribution is -0.421. The van der Waals surface area contributed by atoms with Crippen molar-refractivity contribution in [2.24, 2.45) is 0 Å². The predicted octanol–water partition coefficient (Wildman–Crippen LogP) is 1.18. The largest absolute Gasteiger partial charge is 0.465 e.